The zero-order valence-electron chi connectivity index (χ0n) is 17.3. The molecule has 2 rings (SSSR count). The van der Waals surface area contributed by atoms with E-state index in [1.165, 1.54) is 30.5 Å². The summed E-state index contributed by atoms with van der Waals surface area (Å²) < 4.78 is 0. The van der Waals surface area contributed by atoms with Crippen molar-refractivity contribution in [3.63, 3.8) is 0 Å². The molecule has 5 heteroatoms. The third-order valence-corrected chi connectivity index (χ3v) is 5.50. The number of hydrogen-bond donors (Lipinski definition) is 2. The first-order chi connectivity index (χ1) is 12.5. The second-order valence-corrected chi connectivity index (χ2v) is 7.51. The maximum Gasteiger partial charge on any atom is 0.191 e. The molecule has 0 bridgehead atoms. The van der Waals surface area contributed by atoms with Crippen LogP contribution in [0, 0.1) is 0 Å². The largest absolute Gasteiger partial charge is 0.355 e. The predicted octanol–water partition coefficient (Wildman–Crippen LogP) is 2.68. The van der Waals surface area contributed by atoms with E-state index in [-0.39, 0.29) is 0 Å². The summed E-state index contributed by atoms with van der Waals surface area (Å²) in [6.07, 6.45) is 2.59. The van der Waals surface area contributed by atoms with E-state index in [1.54, 1.807) is 0 Å². The van der Waals surface area contributed by atoms with E-state index in [9.17, 15) is 0 Å². The normalized spacial score (nSPS) is 18.7. The van der Waals surface area contributed by atoms with Crippen LogP contribution in [0.5, 0.6) is 0 Å². The molecule has 2 N–H and O–H groups in total. The van der Waals surface area contributed by atoms with Gasteiger partial charge < -0.3 is 10.6 Å². The average molecular weight is 360 g/mol. The number of guanidine groups is 1. The van der Waals surface area contributed by atoms with Crippen molar-refractivity contribution >= 4 is 5.96 Å². The van der Waals surface area contributed by atoms with Gasteiger partial charge in [0.05, 0.1) is 0 Å². The van der Waals surface area contributed by atoms with E-state index in [2.05, 4.69) is 77.5 Å². The van der Waals surface area contributed by atoms with Crippen LogP contribution in [0.25, 0.3) is 0 Å². The highest BCUT2D eigenvalue weighted by atomic mass is 15.2. The summed E-state index contributed by atoms with van der Waals surface area (Å²) in [7, 11) is 4.02. The minimum absolute atomic E-state index is 0.540. The fourth-order valence-corrected chi connectivity index (χ4v) is 3.49. The Bertz CT molecular complexity index is 569. The molecule has 0 radical (unpaired) electrons. The molecular weight excluding hydrogens is 322 g/mol. The first-order valence-electron chi connectivity index (χ1n) is 10.0. The van der Waals surface area contributed by atoms with Crippen LogP contribution in [-0.4, -0.2) is 61.6 Å². The molecule has 1 aliphatic heterocycles. The molecule has 1 unspecified atom stereocenters. The van der Waals surface area contributed by atoms with Gasteiger partial charge in [-0.1, -0.05) is 31.2 Å². The van der Waals surface area contributed by atoms with Crippen molar-refractivity contribution in [1.29, 1.82) is 0 Å². The van der Waals surface area contributed by atoms with Gasteiger partial charge in [0.1, 0.15) is 0 Å². The van der Waals surface area contributed by atoms with Crippen molar-refractivity contribution < 1.29 is 0 Å². The number of aliphatic imine (C=N–C) groups is 1. The fourth-order valence-electron chi connectivity index (χ4n) is 3.49. The number of likely N-dealkylation sites (N-methyl/N-ethyl adjacent to an activating group) is 1. The van der Waals surface area contributed by atoms with E-state index < -0.39 is 0 Å². The number of likely N-dealkylation sites (tertiary alicyclic amines) is 1. The van der Waals surface area contributed by atoms with Gasteiger partial charge in [0.15, 0.2) is 5.96 Å². The van der Waals surface area contributed by atoms with Crippen LogP contribution in [0.4, 0.5) is 0 Å². The Morgan fingerprint density at radius 1 is 1.27 bits per heavy atom. The van der Waals surface area contributed by atoms with Crippen LogP contribution in [0.3, 0.4) is 0 Å². The summed E-state index contributed by atoms with van der Waals surface area (Å²) in [4.78, 5) is 9.32. The van der Waals surface area contributed by atoms with E-state index >= 15 is 0 Å². The van der Waals surface area contributed by atoms with Gasteiger partial charge in [-0.2, -0.15) is 0 Å². The first kappa shape index (κ1) is 20.7. The zero-order valence-corrected chi connectivity index (χ0v) is 17.3. The maximum absolute atomic E-state index is 4.40. The van der Waals surface area contributed by atoms with Crippen molar-refractivity contribution in [3.05, 3.63) is 35.4 Å². The number of nitrogens with zero attached hydrogens (tertiary/aromatic N) is 3. The number of hydrogen-bond acceptors (Lipinski definition) is 3. The van der Waals surface area contributed by atoms with Gasteiger partial charge in [0, 0.05) is 38.8 Å². The van der Waals surface area contributed by atoms with Gasteiger partial charge in [-0.3, -0.25) is 14.8 Å². The lowest BCUT2D eigenvalue weighted by atomic mass is 10.1. The minimum atomic E-state index is 0.540. The minimum Gasteiger partial charge on any atom is -0.355 e. The molecule has 0 aromatic heterocycles. The summed E-state index contributed by atoms with van der Waals surface area (Å²) >= 11 is 0. The zero-order chi connectivity index (χ0) is 18.9. The molecule has 1 saturated heterocycles. The highest BCUT2D eigenvalue weighted by Crippen LogP contribution is 2.15. The van der Waals surface area contributed by atoms with Gasteiger partial charge in [-0.25, -0.2) is 0 Å². The van der Waals surface area contributed by atoms with Crippen LogP contribution in [0.2, 0.25) is 0 Å². The third kappa shape index (κ3) is 5.99. The van der Waals surface area contributed by atoms with E-state index in [0.717, 1.165) is 32.1 Å². The predicted molar refractivity (Wildman–Crippen MR) is 112 cm³/mol. The Labute approximate surface area is 159 Å². The van der Waals surface area contributed by atoms with E-state index in [1.807, 2.05) is 7.05 Å². The Kier molecular flexibility index (Phi) is 8.39. The highest BCUT2D eigenvalue weighted by molar-refractivity contribution is 5.79. The van der Waals surface area contributed by atoms with Crippen molar-refractivity contribution in [2.45, 2.75) is 58.8 Å². The van der Waals surface area contributed by atoms with Crippen molar-refractivity contribution in [2.75, 3.05) is 33.7 Å². The summed E-state index contributed by atoms with van der Waals surface area (Å²) in [5.74, 6) is 0.889. The van der Waals surface area contributed by atoms with Gasteiger partial charge >= 0.3 is 0 Å². The van der Waals surface area contributed by atoms with Crippen molar-refractivity contribution in [1.82, 2.24) is 20.4 Å². The molecule has 0 spiro atoms. The van der Waals surface area contributed by atoms with Gasteiger partial charge in [0.2, 0.25) is 0 Å². The van der Waals surface area contributed by atoms with Gasteiger partial charge in [0.25, 0.3) is 0 Å². The lowest BCUT2D eigenvalue weighted by molar-refractivity contribution is 0.265. The second kappa shape index (κ2) is 10.5. The number of rotatable bonds is 8. The Morgan fingerprint density at radius 3 is 2.65 bits per heavy atom. The monoisotopic (exact) mass is 359 g/mol. The van der Waals surface area contributed by atoms with E-state index in [0.29, 0.717) is 12.1 Å². The summed E-state index contributed by atoms with van der Waals surface area (Å²) in [5.41, 5.74) is 2.71. The second-order valence-electron chi connectivity index (χ2n) is 7.51. The fraction of sp³-hybridized carbons (Fsp3) is 0.667. The Hall–Kier alpha value is -1.59. The van der Waals surface area contributed by atoms with Gasteiger partial charge in [-0.15, -0.1) is 0 Å². The van der Waals surface area contributed by atoms with Crippen LogP contribution >= 0.6 is 0 Å². The molecule has 1 atom stereocenters. The molecule has 1 aromatic rings. The van der Waals surface area contributed by atoms with Crippen LogP contribution in [0.15, 0.2) is 29.3 Å². The Balaban J connectivity index is 1.88. The topological polar surface area (TPSA) is 42.9 Å². The number of benzene rings is 1. The lowest BCUT2D eigenvalue weighted by Crippen LogP contribution is -2.44. The van der Waals surface area contributed by atoms with Gasteiger partial charge in [-0.05, 0) is 58.0 Å². The SMILES string of the molecule is CCN1CCCC1CNC(=NC)NCc1ccccc1CN(C)C(C)C. The summed E-state index contributed by atoms with van der Waals surface area (Å²) in [6.45, 7) is 11.8. The third-order valence-electron chi connectivity index (χ3n) is 5.50. The maximum atomic E-state index is 4.40. The van der Waals surface area contributed by atoms with Crippen LogP contribution in [0.1, 0.15) is 44.7 Å². The standard InChI is InChI=1S/C21H37N5/c1-6-26-13-9-12-20(26)15-24-21(22-4)23-14-18-10-7-8-11-19(18)16-25(5)17(2)3/h7-8,10-11,17,20H,6,9,12-16H2,1-5H3,(H2,22,23,24). The molecular formula is C21H37N5. The smallest absolute Gasteiger partial charge is 0.191 e. The molecule has 0 aliphatic carbocycles. The molecule has 1 aromatic carbocycles. The molecule has 146 valence electrons. The molecule has 1 aliphatic rings. The van der Waals surface area contributed by atoms with Crippen molar-refractivity contribution in [3.8, 4) is 0 Å². The first-order valence-corrected chi connectivity index (χ1v) is 10.0. The molecule has 1 heterocycles. The molecule has 1 fully saturated rings. The van der Waals surface area contributed by atoms with E-state index in [4.69, 9.17) is 0 Å². The summed E-state index contributed by atoms with van der Waals surface area (Å²) in [6, 6.07) is 9.84. The van der Waals surface area contributed by atoms with Crippen LogP contribution < -0.4 is 10.6 Å². The summed E-state index contributed by atoms with van der Waals surface area (Å²) in [5, 5.41) is 7.00. The number of nitrogens with one attached hydrogen (secondary N) is 2. The molecule has 0 saturated carbocycles. The molecule has 0 amide bonds. The highest BCUT2D eigenvalue weighted by Gasteiger charge is 2.22. The quantitative estimate of drug-likeness (QED) is 0.553. The molecule has 5 nitrogen and oxygen atoms in total. The molecule has 26 heavy (non-hydrogen) atoms. The van der Waals surface area contributed by atoms with Crippen LogP contribution in [-0.2, 0) is 13.1 Å². The lowest BCUT2D eigenvalue weighted by Gasteiger charge is -2.24. The average Bonchev–Trinajstić information content (AvgIpc) is 3.10. The van der Waals surface area contributed by atoms with Crippen molar-refractivity contribution in [2.24, 2.45) is 4.99 Å². The Morgan fingerprint density at radius 2 is 2.00 bits per heavy atom.